The number of nitrogens with one attached hydrogen (secondary N) is 1. The van der Waals surface area contributed by atoms with E-state index >= 15 is 0 Å². The van der Waals surface area contributed by atoms with Crippen molar-refractivity contribution in [2.45, 2.75) is 45.1 Å². The molecule has 0 heterocycles. The molecule has 24 heavy (non-hydrogen) atoms. The maximum Gasteiger partial charge on any atom is 0.0467 e. The minimum Gasteiger partial charge on any atom is -0.307 e. The van der Waals surface area contributed by atoms with Crippen LogP contribution in [0.4, 0.5) is 0 Å². The first-order valence-electron chi connectivity index (χ1n) is 9.18. The molecule has 2 aromatic rings. The Morgan fingerprint density at radius 1 is 1.00 bits per heavy atom. The summed E-state index contributed by atoms with van der Waals surface area (Å²) >= 11 is 0. The van der Waals surface area contributed by atoms with Crippen molar-refractivity contribution in [1.29, 1.82) is 0 Å². The fraction of sp³-hybridized carbons (Fsp3) is 0.391. The Morgan fingerprint density at radius 2 is 1.62 bits per heavy atom. The van der Waals surface area contributed by atoms with Gasteiger partial charge in [0.15, 0.2) is 0 Å². The first-order valence-corrected chi connectivity index (χ1v) is 9.18. The van der Waals surface area contributed by atoms with Crippen molar-refractivity contribution < 1.29 is 0 Å². The summed E-state index contributed by atoms with van der Waals surface area (Å²) in [7, 11) is 0. The molecule has 0 aliphatic heterocycles. The van der Waals surface area contributed by atoms with Crippen LogP contribution in [0.5, 0.6) is 0 Å². The second-order valence-corrected chi connectivity index (χ2v) is 7.48. The Labute approximate surface area is 146 Å². The second kappa shape index (κ2) is 7.36. The summed E-state index contributed by atoms with van der Waals surface area (Å²) in [5.74, 6) is 0. The van der Waals surface area contributed by atoms with Crippen molar-refractivity contribution in [3.8, 4) is 0 Å². The Bertz CT molecular complexity index is 655. The molecule has 2 aromatic carbocycles. The monoisotopic (exact) mass is 319 g/mol. The van der Waals surface area contributed by atoms with Gasteiger partial charge in [0.1, 0.15) is 0 Å². The first kappa shape index (κ1) is 17.0. The largest absolute Gasteiger partial charge is 0.307 e. The van der Waals surface area contributed by atoms with Crippen molar-refractivity contribution >= 4 is 6.08 Å². The van der Waals surface area contributed by atoms with E-state index in [1.807, 2.05) is 0 Å². The zero-order chi connectivity index (χ0) is 16.9. The van der Waals surface area contributed by atoms with Crippen LogP contribution in [-0.2, 0) is 5.54 Å². The minimum absolute atomic E-state index is 0.0259. The van der Waals surface area contributed by atoms with E-state index < -0.39 is 0 Å². The predicted molar refractivity (Wildman–Crippen MR) is 104 cm³/mol. The van der Waals surface area contributed by atoms with E-state index in [9.17, 15) is 0 Å². The molecule has 0 aromatic heterocycles. The van der Waals surface area contributed by atoms with Crippen LogP contribution >= 0.6 is 0 Å². The van der Waals surface area contributed by atoms with E-state index in [1.54, 1.807) is 0 Å². The van der Waals surface area contributed by atoms with Crippen LogP contribution in [0.15, 0.2) is 66.7 Å². The normalized spacial score (nSPS) is 18.4. The van der Waals surface area contributed by atoms with Crippen LogP contribution in [-0.4, -0.2) is 6.54 Å². The Balaban J connectivity index is 1.79. The van der Waals surface area contributed by atoms with Crippen LogP contribution in [0.3, 0.4) is 0 Å². The molecule has 3 rings (SSSR count). The molecule has 1 atom stereocenters. The molecule has 0 bridgehead atoms. The highest BCUT2D eigenvalue weighted by Gasteiger charge is 2.39. The van der Waals surface area contributed by atoms with Gasteiger partial charge in [-0.05, 0) is 42.2 Å². The molecule has 1 aliphatic rings. The van der Waals surface area contributed by atoms with Gasteiger partial charge in [-0.1, -0.05) is 86.7 Å². The van der Waals surface area contributed by atoms with E-state index in [4.69, 9.17) is 0 Å². The van der Waals surface area contributed by atoms with Crippen molar-refractivity contribution in [2.24, 2.45) is 5.41 Å². The molecular formula is C23H29N. The lowest BCUT2D eigenvalue weighted by atomic mass is 9.83. The number of hydrogen-bond acceptors (Lipinski definition) is 1. The molecule has 0 spiro atoms. The van der Waals surface area contributed by atoms with Crippen molar-refractivity contribution in [3.05, 3.63) is 77.9 Å². The number of benzene rings is 2. The SMILES string of the molecule is CCC(C/C=C/c1ccccc1)(NCC1(C)CC1)c1ccccc1. The number of hydrogen-bond donors (Lipinski definition) is 1. The first-order chi connectivity index (χ1) is 11.7. The fourth-order valence-corrected chi connectivity index (χ4v) is 3.26. The molecule has 0 saturated heterocycles. The third kappa shape index (κ3) is 4.15. The van der Waals surface area contributed by atoms with E-state index in [2.05, 4.69) is 92.0 Å². The lowest BCUT2D eigenvalue weighted by molar-refractivity contribution is 0.294. The highest BCUT2D eigenvalue weighted by molar-refractivity contribution is 5.49. The van der Waals surface area contributed by atoms with Crippen LogP contribution in [0.2, 0.25) is 0 Å². The summed E-state index contributed by atoms with van der Waals surface area (Å²) in [5, 5.41) is 3.94. The third-order valence-electron chi connectivity index (χ3n) is 5.46. The summed E-state index contributed by atoms with van der Waals surface area (Å²) in [4.78, 5) is 0. The molecule has 1 heteroatoms. The van der Waals surface area contributed by atoms with Gasteiger partial charge >= 0.3 is 0 Å². The maximum absolute atomic E-state index is 3.94. The van der Waals surface area contributed by atoms with Gasteiger partial charge in [0.2, 0.25) is 0 Å². The van der Waals surface area contributed by atoms with Gasteiger partial charge in [-0.25, -0.2) is 0 Å². The molecule has 0 radical (unpaired) electrons. The Hall–Kier alpha value is -1.86. The molecular weight excluding hydrogens is 290 g/mol. The lowest BCUT2D eigenvalue weighted by Crippen LogP contribution is -2.44. The zero-order valence-electron chi connectivity index (χ0n) is 15.0. The van der Waals surface area contributed by atoms with E-state index in [1.165, 1.54) is 24.0 Å². The molecule has 126 valence electrons. The zero-order valence-corrected chi connectivity index (χ0v) is 15.0. The van der Waals surface area contributed by atoms with Crippen molar-refractivity contribution in [3.63, 3.8) is 0 Å². The van der Waals surface area contributed by atoms with E-state index in [0.717, 1.165) is 19.4 Å². The van der Waals surface area contributed by atoms with Crippen LogP contribution < -0.4 is 5.32 Å². The summed E-state index contributed by atoms with van der Waals surface area (Å²) in [6.45, 7) is 5.80. The lowest BCUT2D eigenvalue weighted by Gasteiger charge is -2.35. The molecule has 1 aliphatic carbocycles. The minimum atomic E-state index is 0.0259. The van der Waals surface area contributed by atoms with Gasteiger partial charge < -0.3 is 5.32 Å². The van der Waals surface area contributed by atoms with Crippen molar-refractivity contribution in [2.75, 3.05) is 6.54 Å². The average Bonchev–Trinajstić information content (AvgIpc) is 3.38. The second-order valence-electron chi connectivity index (χ2n) is 7.48. The summed E-state index contributed by atoms with van der Waals surface area (Å²) in [6, 6.07) is 21.5. The Morgan fingerprint density at radius 3 is 2.21 bits per heavy atom. The van der Waals surface area contributed by atoms with E-state index in [0.29, 0.717) is 5.41 Å². The summed E-state index contributed by atoms with van der Waals surface area (Å²) in [6.07, 6.45) is 9.38. The van der Waals surface area contributed by atoms with Crippen LogP contribution in [0.25, 0.3) is 6.08 Å². The van der Waals surface area contributed by atoms with Gasteiger partial charge in [0.05, 0.1) is 0 Å². The van der Waals surface area contributed by atoms with Gasteiger partial charge in [-0.3, -0.25) is 0 Å². The van der Waals surface area contributed by atoms with Gasteiger partial charge in [-0.15, -0.1) is 0 Å². The quantitative estimate of drug-likeness (QED) is 0.650. The van der Waals surface area contributed by atoms with Gasteiger partial charge in [0.25, 0.3) is 0 Å². The van der Waals surface area contributed by atoms with Crippen LogP contribution in [0, 0.1) is 5.41 Å². The molecule has 1 saturated carbocycles. The van der Waals surface area contributed by atoms with E-state index in [-0.39, 0.29) is 5.54 Å². The smallest absolute Gasteiger partial charge is 0.0467 e. The van der Waals surface area contributed by atoms with Gasteiger partial charge in [-0.2, -0.15) is 0 Å². The topological polar surface area (TPSA) is 12.0 Å². The highest BCUT2D eigenvalue weighted by Crippen LogP contribution is 2.45. The summed E-state index contributed by atoms with van der Waals surface area (Å²) < 4.78 is 0. The predicted octanol–water partition coefficient (Wildman–Crippen LogP) is 5.79. The standard InChI is InChI=1S/C23H29N/c1-3-23(21-14-8-5-9-15-21,24-19-22(2)17-18-22)16-10-13-20-11-6-4-7-12-20/h4-15,24H,3,16-19H2,1-2H3/b13-10+. The average molecular weight is 319 g/mol. The fourth-order valence-electron chi connectivity index (χ4n) is 3.26. The van der Waals surface area contributed by atoms with Gasteiger partial charge in [0, 0.05) is 12.1 Å². The molecule has 0 amide bonds. The van der Waals surface area contributed by atoms with Crippen LogP contribution in [0.1, 0.15) is 50.7 Å². The summed E-state index contributed by atoms with van der Waals surface area (Å²) in [5.41, 5.74) is 3.20. The maximum atomic E-state index is 3.94. The Kier molecular flexibility index (Phi) is 5.20. The third-order valence-corrected chi connectivity index (χ3v) is 5.46. The molecule has 1 nitrogen and oxygen atoms in total. The highest BCUT2D eigenvalue weighted by atomic mass is 15.0. The molecule has 1 fully saturated rings. The molecule has 1 unspecified atom stereocenters. The number of rotatable bonds is 8. The molecule has 1 N–H and O–H groups in total. The van der Waals surface area contributed by atoms with Crippen molar-refractivity contribution in [1.82, 2.24) is 5.32 Å².